The lowest BCUT2D eigenvalue weighted by Crippen LogP contribution is -2.53. The van der Waals surface area contributed by atoms with E-state index in [9.17, 15) is 9.59 Å². The molecule has 0 spiro atoms. The second-order valence-electron chi connectivity index (χ2n) is 4.82. The highest BCUT2D eigenvalue weighted by atomic mass is 16.5. The van der Waals surface area contributed by atoms with Gasteiger partial charge in [0.15, 0.2) is 0 Å². The molecule has 0 aromatic rings. The molecule has 0 aromatic carbocycles. The molecule has 0 unspecified atom stereocenters. The zero-order chi connectivity index (χ0) is 15.2. The first kappa shape index (κ1) is 14.2. The summed E-state index contributed by atoms with van der Waals surface area (Å²) in [6.07, 6.45) is 3.09. The van der Waals surface area contributed by atoms with Crippen molar-refractivity contribution in [2.75, 3.05) is 26.7 Å². The van der Waals surface area contributed by atoms with Gasteiger partial charge in [-0.1, -0.05) is 13.8 Å². The van der Waals surface area contributed by atoms with Crippen molar-refractivity contribution >= 4 is 12.0 Å². The van der Waals surface area contributed by atoms with E-state index >= 15 is 0 Å². The molecular formula is C14H26N2O3. The summed E-state index contributed by atoms with van der Waals surface area (Å²) in [6.45, 7) is 5.68. The van der Waals surface area contributed by atoms with E-state index in [1.54, 1.807) is 4.90 Å². The van der Waals surface area contributed by atoms with Gasteiger partial charge in [0.25, 0.3) is 0 Å². The van der Waals surface area contributed by atoms with E-state index in [-0.39, 0.29) is 5.91 Å². The molecular weight excluding hydrogens is 244 g/mol. The van der Waals surface area contributed by atoms with Crippen molar-refractivity contribution in [2.24, 2.45) is 0 Å². The van der Waals surface area contributed by atoms with E-state index in [0.717, 1.165) is 25.7 Å². The number of hydrogen-bond donors (Lipinski definition) is 0. The van der Waals surface area contributed by atoms with Crippen LogP contribution in [0.25, 0.3) is 0 Å². The van der Waals surface area contributed by atoms with E-state index in [1.807, 2.05) is 13.8 Å². The van der Waals surface area contributed by atoms with Crippen LogP contribution in [-0.4, -0.2) is 54.6 Å². The minimum absolute atomic E-state index is 0.272. The Hall–Kier alpha value is -1.26. The van der Waals surface area contributed by atoms with E-state index < -0.39 is 12.1 Å². The zero-order valence-electron chi connectivity index (χ0n) is 13.3. The number of piperidine rings is 1. The summed E-state index contributed by atoms with van der Waals surface area (Å²) in [4.78, 5) is 27.5. The number of nitrogens with zero attached hydrogens (tertiary/aromatic N) is 2. The Labute approximate surface area is 117 Å². The average molecular weight is 271 g/mol. The van der Waals surface area contributed by atoms with Gasteiger partial charge >= 0.3 is 6.09 Å². The van der Waals surface area contributed by atoms with Gasteiger partial charge in [0.1, 0.15) is 6.02 Å². The van der Waals surface area contributed by atoms with Gasteiger partial charge in [0, 0.05) is 19.6 Å². The maximum absolute atomic E-state index is 12.7. The lowest BCUT2D eigenvalue weighted by Gasteiger charge is -2.36. The summed E-state index contributed by atoms with van der Waals surface area (Å²) in [5.74, 6) is -0.272. The second kappa shape index (κ2) is 8.02. The number of rotatable bonds is 5. The van der Waals surface area contributed by atoms with Gasteiger partial charge in [0.2, 0.25) is 5.91 Å². The maximum atomic E-state index is 12.7. The molecule has 1 atom stereocenters. The van der Waals surface area contributed by atoms with Crippen molar-refractivity contribution in [3.05, 3.63) is 0 Å². The molecule has 0 saturated carbocycles. The van der Waals surface area contributed by atoms with Crippen LogP contribution < -0.4 is 0 Å². The summed E-state index contributed by atoms with van der Waals surface area (Å²) in [5.41, 5.74) is 0. The first-order valence-electron chi connectivity index (χ1n) is 7.66. The fraction of sp³-hybridized carbons (Fsp3) is 0.857. The van der Waals surface area contributed by atoms with Crippen LogP contribution in [0.5, 0.6) is 0 Å². The summed E-state index contributed by atoms with van der Waals surface area (Å²) in [5, 5.41) is 0. The number of carbonyl (C=O) groups excluding carboxylic acids is 2. The number of carbonyl (C=O) groups is 2. The fourth-order valence-corrected chi connectivity index (χ4v) is 2.40. The first-order valence-corrected chi connectivity index (χ1v) is 7.16. The molecule has 0 bridgehead atoms. The molecule has 5 heteroatoms. The fourth-order valence-electron chi connectivity index (χ4n) is 2.40. The average Bonchev–Trinajstić information content (AvgIpc) is 2.46. The summed E-state index contributed by atoms with van der Waals surface area (Å²) in [6, 6.07) is -1.50. The van der Waals surface area contributed by atoms with Crippen molar-refractivity contribution in [3.63, 3.8) is 0 Å². The number of ether oxygens (including phenoxy) is 1. The molecule has 1 aliphatic heterocycles. The minimum Gasteiger partial charge on any atom is -0.453 e. The number of likely N-dealkylation sites (tertiary alicyclic amines) is 1. The van der Waals surface area contributed by atoms with Crippen molar-refractivity contribution in [1.82, 2.24) is 9.80 Å². The Morgan fingerprint density at radius 3 is 2.47 bits per heavy atom. The summed E-state index contributed by atoms with van der Waals surface area (Å²) < 4.78 is 13.3. The van der Waals surface area contributed by atoms with Crippen LogP contribution in [-0.2, 0) is 9.53 Å². The molecule has 1 saturated heterocycles. The van der Waals surface area contributed by atoms with E-state index in [4.69, 9.17) is 6.11 Å². The third kappa shape index (κ3) is 4.11. The van der Waals surface area contributed by atoms with Crippen molar-refractivity contribution in [1.29, 1.82) is 0 Å². The molecule has 0 aliphatic carbocycles. The molecule has 1 rings (SSSR count). The quantitative estimate of drug-likeness (QED) is 0.770. The van der Waals surface area contributed by atoms with Gasteiger partial charge in [-0.05, 0) is 32.1 Å². The molecule has 110 valence electrons. The minimum atomic E-state index is -1.50. The van der Waals surface area contributed by atoms with Crippen LogP contribution in [0.4, 0.5) is 4.79 Å². The third-order valence-corrected chi connectivity index (χ3v) is 3.29. The predicted octanol–water partition coefficient (Wildman–Crippen LogP) is 2.26. The van der Waals surface area contributed by atoms with Crippen molar-refractivity contribution < 1.29 is 15.7 Å². The number of amides is 2. The zero-order valence-corrected chi connectivity index (χ0v) is 12.3. The second-order valence-corrected chi connectivity index (χ2v) is 4.82. The van der Waals surface area contributed by atoms with Crippen molar-refractivity contribution in [3.8, 4) is 0 Å². The summed E-state index contributed by atoms with van der Waals surface area (Å²) >= 11 is 0. The standard InChI is InChI=1S/C14H26N2O3/c1-4-9-15(10-5-2)13(17)12-8-6-7-11-16(12)14(18)19-3/h12H,4-11H2,1-3H3/t12-/m0/s1/i12D. The number of methoxy groups -OCH3 is 1. The molecule has 1 fully saturated rings. The maximum Gasteiger partial charge on any atom is 0.410 e. The third-order valence-electron chi connectivity index (χ3n) is 3.29. The molecule has 19 heavy (non-hydrogen) atoms. The Morgan fingerprint density at radius 2 is 1.95 bits per heavy atom. The monoisotopic (exact) mass is 271 g/mol. The van der Waals surface area contributed by atoms with Crippen molar-refractivity contribution in [2.45, 2.75) is 52.0 Å². The highest BCUT2D eigenvalue weighted by Gasteiger charge is 2.34. The molecule has 2 amide bonds. The SMILES string of the molecule is [2H][C@@]1(C(=O)N(CCC)CCC)CCCCN1C(=O)OC. The Kier molecular flexibility index (Phi) is 5.98. The van der Waals surface area contributed by atoms with Gasteiger partial charge in [-0.2, -0.15) is 0 Å². The van der Waals surface area contributed by atoms with Gasteiger partial charge in [-0.3, -0.25) is 9.69 Å². The van der Waals surface area contributed by atoms with Crippen LogP contribution in [0.3, 0.4) is 0 Å². The molecule has 0 radical (unpaired) electrons. The van der Waals surface area contributed by atoms with E-state index in [1.165, 1.54) is 12.0 Å². The molecule has 1 aliphatic rings. The Bertz CT molecular complexity index is 345. The van der Waals surface area contributed by atoms with Crippen LogP contribution >= 0.6 is 0 Å². The van der Waals surface area contributed by atoms with Gasteiger partial charge in [-0.25, -0.2) is 4.79 Å². The Balaban J connectivity index is 2.96. The molecule has 0 aromatic heterocycles. The largest absolute Gasteiger partial charge is 0.453 e. The highest BCUT2D eigenvalue weighted by Crippen LogP contribution is 2.20. The molecule has 1 heterocycles. The van der Waals surface area contributed by atoms with E-state index in [0.29, 0.717) is 26.1 Å². The van der Waals surface area contributed by atoms with E-state index in [2.05, 4.69) is 0 Å². The highest BCUT2D eigenvalue weighted by molar-refractivity contribution is 5.86. The lowest BCUT2D eigenvalue weighted by molar-refractivity contribution is -0.137. The van der Waals surface area contributed by atoms with Gasteiger partial charge in [-0.15, -0.1) is 0 Å². The lowest BCUT2D eigenvalue weighted by atomic mass is 10.0. The van der Waals surface area contributed by atoms with Crippen LogP contribution in [0.15, 0.2) is 0 Å². The predicted molar refractivity (Wildman–Crippen MR) is 73.9 cm³/mol. The summed E-state index contributed by atoms with van der Waals surface area (Å²) in [7, 11) is 1.29. The first-order chi connectivity index (χ1) is 9.51. The normalized spacial score (nSPS) is 23.7. The topological polar surface area (TPSA) is 49.9 Å². The Morgan fingerprint density at radius 1 is 1.32 bits per heavy atom. The molecule has 0 N–H and O–H groups in total. The molecule has 5 nitrogen and oxygen atoms in total. The van der Waals surface area contributed by atoms with Gasteiger partial charge < -0.3 is 9.64 Å². The van der Waals surface area contributed by atoms with Crippen LogP contribution in [0, 0.1) is 0 Å². The van der Waals surface area contributed by atoms with Gasteiger partial charge in [0.05, 0.1) is 8.48 Å². The van der Waals surface area contributed by atoms with Crippen LogP contribution in [0.2, 0.25) is 0 Å². The smallest absolute Gasteiger partial charge is 0.410 e. The van der Waals surface area contributed by atoms with Crippen LogP contribution in [0.1, 0.15) is 47.3 Å². The number of hydrogen-bond acceptors (Lipinski definition) is 3.